The second kappa shape index (κ2) is 7.13. The quantitative estimate of drug-likeness (QED) is 0.826. The highest BCUT2D eigenvalue weighted by Gasteiger charge is 2.25. The zero-order valence-corrected chi connectivity index (χ0v) is 13.9. The van der Waals surface area contributed by atoms with Gasteiger partial charge in [0, 0.05) is 19.3 Å². The van der Waals surface area contributed by atoms with Crippen molar-refractivity contribution >= 4 is 15.7 Å². The summed E-state index contributed by atoms with van der Waals surface area (Å²) < 4.78 is 28.2. The van der Waals surface area contributed by atoms with E-state index in [1.807, 2.05) is 31.2 Å². The monoisotopic (exact) mass is 325 g/mol. The number of carbonyl (C=O) groups excluding carboxylic acids is 1. The van der Waals surface area contributed by atoms with Gasteiger partial charge in [-0.2, -0.15) is 0 Å². The van der Waals surface area contributed by atoms with Crippen LogP contribution in [0.25, 0.3) is 0 Å². The molecule has 6 heteroatoms. The Labute approximate surface area is 132 Å². The summed E-state index contributed by atoms with van der Waals surface area (Å²) in [5, 5.41) is 0. The Morgan fingerprint density at radius 2 is 1.91 bits per heavy atom. The van der Waals surface area contributed by atoms with Gasteiger partial charge in [0.25, 0.3) is 5.91 Å². The van der Waals surface area contributed by atoms with Crippen molar-refractivity contribution in [1.82, 2.24) is 4.90 Å². The first-order valence-electron chi connectivity index (χ1n) is 7.49. The molecule has 1 heterocycles. The highest BCUT2D eigenvalue weighted by molar-refractivity contribution is 7.90. The minimum absolute atomic E-state index is 0.0294. The number of piperidine rings is 1. The number of sulfone groups is 1. The third-order valence-electron chi connectivity index (χ3n) is 3.95. The number of para-hydroxylation sites is 1. The number of aryl methyl sites for hydroxylation is 1. The minimum Gasteiger partial charge on any atom is -0.484 e. The average Bonchev–Trinajstić information content (AvgIpc) is 2.45. The molecule has 1 aromatic rings. The number of rotatable bonds is 5. The van der Waals surface area contributed by atoms with Gasteiger partial charge in [-0.15, -0.1) is 0 Å². The van der Waals surface area contributed by atoms with E-state index in [-0.39, 0.29) is 24.2 Å². The number of benzene rings is 1. The van der Waals surface area contributed by atoms with Gasteiger partial charge in [-0.1, -0.05) is 18.2 Å². The molecule has 1 saturated heterocycles. The Bertz CT molecular complexity index is 619. The van der Waals surface area contributed by atoms with E-state index in [0.29, 0.717) is 13.1 Å². The van der Waals surface area contributed by atoms with Crippen molar-refractivity contribution in [1.29, 1.82) is 0 Å². The minimum atomic E-state index is -2.94. The number of carbonyl (C=O) groups is 1. The first-order chi connectivity index (χ1) is 10.3. The van der Waals surface area contributed by atoms with Crippen molar-refractivity contribution in [3.8, 4) is 5.75 Å². The molecule has 0 aromatic heterocycles. The highest BCUT2D eigenvalue weighted by Crippen LogP contribution is 2.20. The molecule has 1 fully saturated rings. The third kappa shape index (κ3) is 5.02. The molecule has 0 bridgehead atoms. The van der Waals surface area contributed by atoms with Gasteiger partial charge >= 0.3 is 0 Å². The Morgan fingerprint density at radius 3 is 2.50 bits per heavy atom. The number of hydrogen-bond donors (Lipinski definition) is 0. The maximum absolute atomic E-state index is 12.2. The van der Waals surface area contributed by atoms with E-state index in [9.17, 15) is 13.2 Å². The number of hydrogen-bond acceptors (Lipinski definition) is 4. The second-order valence-corrected chi connectivity index (χ2v) is 8.16. The first-order valence-corrected chi connectivity index (χ1v) is 9.55. The fraction of sp³-hybridized carbons (Fsp3) is 0.562. The van der Waals surface area contributed by atoms with Crippen molar-refractivity contribution in [3.05, 3.63) is 29.8 Å². The largest absolute Gasteiger partial charge is 0.484 e. The lowest BCUT2D eigenvalue weighted by atomic mass is 9.99. The van der Waals surface area contributed by atoms with E-state index in [1.165, 1.54) is 6.26 Å². The molecule has 122 valence electrons. The number of nitrogens with zero attached hydrogens (tertiary/aromatic N) is 1. The number of ether oxygens (including phenoxy) is 1. The Morgan fingerprint density at radius 1 is 1.27 bits per heavy atom. The van der Waals surface area contributed by atoms with E-state index in [0.717, 1.165) is 24.2 Å². The van der Waals surface area contributed by atoms with Crippen LogP contribution in [0.15, 0.2) is 24.3 Å². The summed E-state index contributed by atoms with van der Waals surface area (Å²) in [4.78, 5) is 13.9. The molecule has 1 aromatic carbocycles. The molecule has 1 aliphatic rings. The Kier molecular flexibility index (Phi) is 5.45. The summed E-state index contributed by atoms with van der Waals surface area (Å²) in [5.41, 5.74) is 1.00. The van der Waals surface area contributed by atoms with Crippen molar-refractivity contribution in [2.75, 3.05) is 31.7 Å². The third-order valence-corrected chi connectivity index (χ3v) is 5.03. The molecule has 0 aliphatic carbocycles. The van der Waals surface area contributed by atoms with Crippen LogP contribution < -0.4 is 4.74 Å². The van der Waals surface area contributed by atoms with E-state index in [2.05, 4.69) is 0 Å². The standard InChI is InChI=1S/C16H23NO4S/c1-13-5-3-4-6-15(13)21-11-16(18)17-9-7-14(8-10-17)12-22(2,19)20/h3-6,14H,7-12H2,1-2H3. The Balaban J connectivity index is 1.79. The van der Waals surface area contributed by atoms with Gasteiger partial charge in [-0.05, 0) is 37.3 Å². The predicted octanol–water partition coefficient (Wildman–Crippen LogP) is 1.66. The molecule has 0 unspecified atom stereocenters. The lowest BCUT2D eigenvalue weighted by molar-refractivity contribution is -0.134. The van der Waals surface area contributed by atoms with Crippen molar-refractivity contribution < 1.29 is 17.9 Å². The lowest BCUT2D eigenvalue weighted by Gasteiger charge is -2.31. The number of amides is 1. The summed E-state index contributed by atoms with van der Waals surface area (Å²) in [5.74, 6) is 1.06. The van der Waals surface area contributed by atoms with Gasteiger partial charge in [0.1, 0.15) is 15.6 Å². The zero-order valence-electron chi connectivity index (χ0n) is 13.1. The van der Waals surface area contributed by atoms with E-state index < -0.39 is 9.84 Å². The topological polar surface area (TPSA) is 63.7 Å². The van der Waals surface area contributed by atoms with Crippen LogP contribution in [-0.4, -0.2) is 50.9 Å². The molecule has 0 N–H and O–H groups in total. The lowest BCUT2D eigenvalue weighted by Crippen LogP contribution is -2.42. The summed E-state index contributed by atoms with van der Waals surface area (Å²) in [7, 11) is -2.94. The van der Waals surface area contributed by atoms with E-state index in [1.54, 1.807) is 4.90 Å². The van der Waals surface area contributed by atoms with Gasteiger partial charge in [-0.3, -0.25) is 4.79 Å². The van der Waals surface area contributed by atoms with Crippen molar-refractivity contribution in [2.24, 2.45) is 5.92 Å². The molecule has 1 aliphatic heterocycles. The molecule has 1 amide bonds. The molecule has 5 nitrogen and oxygen atoms in total. The maximum Gasteiger partial charge on any atom is 0.260 e. The van der Waals surface area contributed by atoms with Gasteiger partial charge in [0.05, 0.1) is 5.75 Å². The smallest absolute Gasteiger partial charge is 0.260 e. The van der Waals surface area contributed by atoms with Crippen molar-refractivity contribution in [3.63, 3.8) is 0 Å². The van der Waals surface area contributed by atoms with E-state index >= 15 is 0 Å². The Hall–Kier alpha value is -1.56. The van der Waals surface area contributed by atoms with Crippen LogP contribution in [0.5, 0.6) is 5.75 Å². The second-order valence-electron chi connectivity index (χ2n) is 5.97. The molecule has 0 spiro atoms. The predicted molar refractivity (Wildman–Crippen MR) is 85.7 cm³/mol. The van der Waals surface area contributed by atoms with Gasteiger partial charge in [0.2, 0.25) is 0 Å². The van der Waals surface area contributed by atoms with Gasteiger partial charge < -0.3 is 9.64 Å². The highest BCUT2D eigenvalue weighted by atomic mass is 32.2. The normalized spacial score (nSPS) is 16.5. The van der Waals surface area contributed by atoms with Crippen LogP contribution in [0.3, 0.4) is 0 Å². The maximum atomic E-state index is 12.2. The molecular weight excluding hydrogens is 302 g/mol. The summed E-state index contributed by atoms with van der Waals surface area (Å²) in [6, 6.07) is 7.59. The fourth-order valence-corrected chi connectivity index (χ4v) is 3.92. The molecule has 0 atom stereocenters. The zero-order chi connectivity index (χ0) is 16.2. The first kappa shape index (κ1) is 16.8. The van der Waals surface area contributed by atoms with Crippen LogP contribution >= 0.6 is 0 Å². The molecule has 0 radical (unpaired) electrons. The molecular formula is C16H23NO4S. The molecule has 2 rings (SSSR count). The SMILES string of the molecule is Cc1ccccc1OCC(=O)N1CCC(CS(C)(=O)=O)CC1. The molecule has 22 heavy (non-hydrogen) atoms. The fourth-order valence-electron chi connectivity index (χ4n) is 2.73. The van der Waals surface area contributed by atoms with Gasteiger partial charge in [-0.25, -0.2) is 8.42 Å². The van der Waals surface area contributed by atoms with Crippen LogP contribution in [0.1, 0.15) is 18.4 Å². The van der Waals surface area contributed by atoms with Crippen LogP contribution in [0.4, 0.5) is 0 Å². The summed E-state index contributed by atoms with van der Waals surface area (Å²) >= 11 is 0. The van der Waals surface area contributed by atoms with Crippen LogP contribution in [-0.2, 0) is 14.6 Å². The van der Waals surface area contributed by atoms with Crippen molar-refractivity contribution in [2.45, 2.75) is 19.8 Å². The van der Waals surface area contributed by atoms with E-state index in [4.69, 9.17) is 4.74 Å². The molecule has 0 saturated carbocycles. The van der Waals surface area contributed by atoms with Crippen LogP contribution in [0, 0.1) is 12.8 Å². The van der Waals surface area contributed by atoms with Gasteiger partial charge in [0.15, 0.2) is 6.61 Å². The summed E-state index contributed by atoms with van der Waals surface area (Å²) in [6.45, 7) is 3.18. The summed E-state index contributed by atoms with van der Waals surface area (Å²) in [6.07, 6.45) is 2.74. The number of likely N-dealkylation sites (tertiary alicyclic amines) is 1. The average molecular weight is 325 g/mol. The van der Waals surface area contributed by atoms with Crippen LogP contribution in [0.2, 0.25) is 0 Å².